The number of piperidine rings is 1. The molecule has 5 heteroatoms. The molecule has 104 valence electrons. The average Bonchev–Trinajstić information content (AvgIpc) is 2.47. The van der Waals surface area contributed by atoms with E-state index in [0.717, 1.165) is 25.3 Å². The van der Waals surface area contributed by atoms with Gasteiger partial charge < -0.3 is 14.4 Å². The van der Waals surface area contributed by atoms with E-state index < -0.39 is 0 Å². The van der Waals surface area contributed by atoms with Gasteiger partial charge in [0, 0.05) is 26.4 Å². The van der Waals surface area contributed by atoms with E-state index in [0.29, 0.717) is 11.5 Å². The van der Waals surface area contributed by atoms with Crippen molar-refractivity contribution in [2.45, 2.75) is 19.4 Å². The maximum absolute atomic E-state index is 11.5. The largest absolute Gasteiger partial charge is 0.465 e. The number of methoxy groups -OCH3 is 2. The first-order valence-corrected chi connectivity index (χ1v) is 6.47. The smallest absolute Gasteiger partial charge is 0.338 e. The van der Waals surface area contributed by atoms with Crippen LogP contribution in [0.1, 0.15) is 23.7 Å². The second-order valence-corrected chi connectivity index (χ2v) is 4.88. The van der Waals surface area contributed by atoms with Gasteiger partial charge in [0.15, 0.2) is 0 Å². The van der Waals surface area contributed by atoms with Crippen LogP contribution in [0.5, 0.6) is 0 Å². The number of rotatable bonds is 3. The Kier molecular flexibility index (Phi) is 4.37. The van der Waals surface area contributed by atoms with Crippen molar-refractivity contribution >= 4 is 11.8 Å². The molecular weight excluding hydrogens is 244 g/mol. The van der Waals surface area contributed by atoms with Crippen molar-refractivity contribution in [3.63, 3.8) is 0 Å². The first-order chi connectivity index (χ1) is 9.15. The number of pyridine rings is 1. The zero-order valence-electron chi connectivity index (χ0n) is 11.6. The molecule has 1 aliphatic rings. The van der Waals surface area contributed by atoms with Gasteiger partial charge in [-0.15, -0.1) is 0 Å². The summed E-state index contributed by atoms with van der Waals surface area (Å²) in [6.45, 7) is 3.93. The van der Waals surface area contributed by atoms with Crippen LogP contribution < -0.4 is 4.90 Å². The lowest BCUT2D eigenvalue weighted by Crippen LogP contribution is -2.44. The number of aromatic nitrogens is 1. The third kappa shape index (κ3) is 3.04. The minimum Gasteiger partial charge on any atom is -0.465 e. The zero-order chi connectivity index (χ0) is 13.8. The summed E-state index contributed by atoms with van der Waals surface area (Å²) in [4.78, 5) is 18.0. The van der Waals surface area contributed by atoms with Crippen LogP contribution in [0.15, 0.2) is 18.3 Å². The normalized spacial score (nSPS) is 23.2. The number of nitrogens with zero attached hydrogens (tertiary/aromatic N) is 2. The third-order valence-electron chi connectivity index (χ3n) is 3.68. The molecule has 1 aromatic heterocycles. The highest BCUT2D eigenvalue weighted by molar-refractivity contribution is 5.90. The molecule has 0 aromatic carbocycles. The quantitative estimate of drug-likeness (QED) is 0.778. The van der Waals surface area contributed by atoms with Crippen LogP contribution in [0.25, 0.3) is 0 Å². The van der Waals surface area contributed by atoms with E-state index in [2.05, 4.69) is 16.8 Å². The van der Waals surface area contributed by atoms with E-state index >= 15 is 0 Å². The Morgan fingerprint density at radius 1 is 1.47 bits per heavy atom. The molecule has 1 aromatic rings. The van der Waals surface area contributed by atoms with Crippen molar-refractivity contribution in [2.75, 3.05) is 32.2 Å². The summed E-state index contributed by atoms with van der Waals surface area (Å²) in [5.41, 5.74) is 0.528. The number of ether oxygens (including phenoxy) is 2. The molecular formula is C14H20N2O3. The molecule has 0 spiro atoms. The Morgan fingerprint density at radius 2 is 2.26 bits per heavy atom. The predicted molar refractivity (Wildman–Crippen MR) is 72.4 cm³/mol. The Bertz CT molecular complexity index is 450. The molecule has 1 fully saturated rings. The maximum atomic E-state index is 11.5. The number of hydrogen-bond donors (Lipinski definition) is 0. The highest BCUT2D eigenvalue weighted by Crippen LogP contribution is 2.24. The van der Waals surface area contributed by atoms with Crippen LogP contribution in [0, 0.1) is 5.92 Å². The van der Waals surface area contributed by atoms with E-state index in [1.165, 1.54) is 7.11 Å². The summed E-state index contributed by atoms with van der Waals surface area (Å²) < 4.78 is 10.2. The number of hydrogen-bond acceptors (Lipinski definition) is 5. The molecule has 5 nitrogen and oxygen atoms in total. The van der Waals surface area contributed by atoms with Crippen LogP contribution in [0.2, 0.25) is 0 Å². The van der Waals surface area contributed by atoms with Gasteiger partial charge in [0.2, 0.25) is 0 Å². The van der Waals surface area contributed by atoms with Crippen molar-refractivity contribution < 1.29 is 14.3 Å². The van der Waals surface area contributed by atoms with Gasteiger partial charge in [-0.1, -0.05) is 6.92 Å². The van der Waals surface area contributed by atoms with Gasteiger partial charge in [-0.25, -0.2) is 9.78 Å². The van der Waals surface area contributed by atoms with Crippen molar-refractivity contribution in [1.82, 2.24) is 4.98 Å². The van der Waals surface area contributed by atoms with Gasteiger partial charge >= 0.3 is 5.97 Å². The Morgan fingerprint density at radius 3 is 2.95 bits per heavy atom. The van der Waals surface area contributed by atoms with Crippen molar-refractivity contribution in [3.8, 4) is 0 Å². The van der Waals surface area contributed by atoms with Gasteiger partial charge in [0.05, 0.1) is 18.8 Å². The van der Waals surface area contributed by atoms with Gasteiger partial charge in [-0.05, 0) is 24.5 Å². The fraction of sp³-hybridized carbons (Fsp3) is 0.571. The number of esters is 1. The number of anilines is 1. The lowest BCUT2D eigenvalue weighted by Gasteiger charge is -2.36. The van der Waals surface area contributed by atoms with E-state index in [1.54, 1.807) is 25.4 Å². The Hall–Kier alpha value is -1.62. The molecule has 19 heavy (non-hydrogen) atoms. The molecule has 1 saturated heterocycles. The number of carbonyl (C=O) groups is 1. The van der Waals surface area contributed by atoms with Crippen LogP contribution in [-0.2, 0) is 9.47 Å². The van der Waals surface area contributed by atoms with Crippen molar-refractivity contribution in [1.29, 1.82) is 0 Å². The SMILES string of the molecule is COC(=O)c1ccnc(N2CCC(C)C(OC)C2)c1. The van der Waals surface area contributed by atoms with Crippen LogP contribution in [0.3, 0.4) is 0 Å². The molecule has 2 heterocycles. The molecule has 1 aliphatic heterocycles. The molecule has 2 rings (SSSR count). The van der Waals surface area contributed by atoms with Crippen molar-refractivity contribution in [3.05, 3.63) is 23.9 Å². The van der Waals surface area contributed by atoms with E-state index in [4.69, 9.17) is 9.47 Å². The second-order valence-electron chi connectivity index (χ2n) is 4.88. The second kappa shape index (κ2) is 6.02. The molecule has 2 atom stereocenters. The third-order valence-corrected chi connectivity index (χ3v) is 3.68. The summed E-state index contributed by atoms with van der Waals surface area (Å²) in [6, 6.07) is 3.43. The topological polar surface area (TPSA) is 51.7 Å². The highest BCUT2D eigenvalue weighted by Gasteiger charge is 2.27. The summed E-state index contributed by atoms with van der Waals surface area (Å²) in [5, 5.41) is 0. The molecule has 0 radical (unpaired) electrons. The summed E-state index contributed by atoms with van der Waals surface area (Å²) in [5.74, 6) is 1.01. The molecule has 0 aliphatic carbocycles. The van der Waals surface area contributed by atoms with Crippen LogP contribution in [-0.4, -0.2) is 44.4 Å². The van der Waals surface area contributed by atoms with Crippen LogP contribution in [0.4, 0.5) is 5.82 Å². The Balaban J connectivity index is 2.15. The molecule has 0 N–H and O–H groups in total. The Labute approximate surface area is 113 Å². The predicted octanol–water partition coefficient (Wildman–Crippen LogP) is 1.73. The van der Waals surface area contributed by atoms with E-state index in [9.17, 15) is 4.79 Å². The minimum atomic E-state index is -0.336. The monoisotopic (exact) mass is 264 g/mol. The van der Waals surface area contributed by atoms with Crippen molar-refractivity contribution in [2.24, 2.45) is 5.92 Å². The fourth-order valence-corrected chi connectivity index (χ4v) is 2.38. The van der Waals surface area contributed by atoms with Gasteiger partial charge in [0.25, 0.3) is 0 Å². The molecule has 2 unspecified atom stereocenters. The highest BCUT2D eigenvalue weighted by atomic mass is 16.5. The molecule has 0 amide bonds. The standard InChI is InChI=1S/C14H20N2O3/c1-10-5-7-16(9-12(10)18-2)13-8-11(4-6-15-13)14(17)19-3/h4,6,8,10,12H,5,7,9H2,1-3H3. The zero-order valence-corrected chi connectivity index (χ0v) is 11.6. The minimum absolute atomic E-state index is 0.206. The summed E-state index contributed by atoms with van der Waals surface area (Å²) in [6.07, 6.45) is 2.90. The lowest BCUT2D eigenvalue weighted by molar-refractivity contribution is 0.0496. The summed E-state index contributed by atoms with van der Waals surface area (Å²) >= 11 is 0. The maximum Gasteiger partial charge on any atom is 0.338 e. The fourth-order valence-electron chi connectivity index (χ4n) is 2.38. The molecule has 0 saturated carbocycles. The van der Waals surface area contributed by atoms with E-state index in [-0.39, 0.29) is 12.1 Å². The first-order valence-electron chi connectivity index (χ1n) is 6.47. The van der Waals surface area contributed by atoms with E-state index in [1.807, 2.05) is 0 Å². The lowest BCUT2D eigenvalue weighted by atomic mass is 9.96. The number of carbonyl (C=O) groups excluding carboxylic acids is 1. The molecule has 0 bridgehead atoms. The van der Waals surface area contributed by atoms with Gasteiger partial charge in [0.1, 0.15) is 5.82 Å². The van der Waals surface area contributed by atoms with Crippen LogP contribution >= 0.6 is 0 Å². The summed E-state index contributed by atoms with van der Waals surface area (Å²) in [7, 11) is 3.12. The average molecular weight is 264 g/mol. The van der Waals surface area contributed by atoms with Gasteiger partial charge in [-0.3, -0.25) is 0 Å². The first kappa shape index (κ1) is 13.8. The van der Waals surface area contributed by atoms with Gasteiger partial charge in [-0.2, -0.15) is 0 Å².